The van der Waals surface area contributed by atoms with Gasteiger partial charge in [-0.05, 0) is 24.6 Å². The predicted octanol–water partition coefficient (Wildman–Crippen LogP) is 0.829. The van der Waals surface area contributed by atoms with Gasteiger partial charge in [0.25, 0.3) is 5.91 Å². The van der Waals surface area contributed by atoms with E-state index in [1.54, 1.807) is 31.1 Å². The zero-order valence-electron chi connectivity index (χ0n) is 14.3. The van der Waals surface area contributed by atoms with Crippen LogP contribution >= 0.6 is 0 Å². The molecular formula is C17H24N2O5. The molecule has 2 rings (SSSR count). The summed E-state index contributed by atoms with van der Waals surface area (Å²) < 4.78 is 10.8. The second-order valence-electron chi connectivity index (χ2n) is 6.32. The van der Waals surface area contributed by atoms with Gasteiger partial charge in [-0.25, -0.2) is 4.79 Å². The van der Waals surface area contributed by atoms with Crippen molar-refractivity contribution in [3.63, 3.8) is 0 Å². The lowest BCUT2D eigenvalue weighted by molar-refractivity contribution is -0.165. The summed E-state index contributed by atoms with van der Waals surface area (Å²) in [6, 6.07) is 7.31. The van der Waals surface area contributed by atoms with Gasteiger partial charge in [0.1, 0.15) is 5.75 Å². The standard InChI is InChI=1S/C17H24N2O5/c1-17(16(22)18(2)3)12-19(8-9-24-17)10-13-4-6-14(7-5-13)23-11-15(20)21/h4-7H,8-12H2,1-3H3,(H,20,21). The number of amides is 1. The van der Waals surface area contributed by atoms with Gasteiger partial charge in [0.15, 0.2) is 12.2 Å². The van der Waals surface area contributed by atoms with Gasteiger partial charge in [-0.1, -0.05) is 12.1 Å². The van der Waals surface area contributed by atoms with Crippen LogP contribution in [0.15, 0.2) is 24.3 Å². The molecule has 1 aliphatic heterocycles. The van der Waals surface area contributed by atoms with Crippen molar-refractivity contribution in [3.05, 3.63) is 29.8 Å². The summed E-state index contributed by atoms with van der Waals surface area (Å²) in [4.78, 5) is 26.5. The smallest absolute Gasteiger partial charge is 0.341 e. The van der Waals surface area contributed by atoms with Crippen molar-refractivity contribution in [3.8, 4) is 5.75 Å². The SMILES string of the molecule is CN(C)C(=O)C1(C)CN(Cc2ccc(OCC(=O)O)cc2)CCO1. The van der Waals surface area contributed by atoms with E-state index in [1.807, 2.05) is 19.1 Å². The Hall–Kier alpha value is -2.12. The Morgan fingerprint density at radius 3 is 2.58 bits per heavy atom. The highest BCUT2D eigenvalue weighted by Gasteiger charge is 2.40. The average Bonchev–Trinajstić information content (AvgIpc) is 2.53. The second kappa shape index (κ2) is 7.63. The van der Waals surface area contributed by atoms with Crippen molar-refractivity contribution in [2.45, 2.75) is 19.1 Å². The number of aliphatic carboxylic acids is 1. The first-order chi connectivity index (χ1) is 11.3. The van der Waals surface area contributed by atoms with Gasteiger partial charge in [0, 0.05) is 33.7 Å². The second-order valence-corrected chi connectivity index (χ2v) is 6.32. The van der Waals surface area contributed by atoms with Crippen molar-refractivity contribution in [2.75, 3.05) is 40.4 Å². The Morgan fingerprint density at radius 2 is 2.00 bits per heavy atom. The van der Waals surface area contributed by atoms with Crippen LogP contribution in [0.25, 0.3) is 0 Å². The molecular weight excluding hydrogens is 312 g/mol. The van der Waals surface area contributed by atoms with Crippen LogP contribution in [-0.2, 0) is 20.9 Å². The fourth-order valence-corrected chi connectivity index (χ4v) is 2.78. The van der Waals surface area contributed by atoms with Crippen LogP contribution in [0.2, 0.25) is 0 Å². The molecule has 1 fully saturated rings. The van der Waals surface area contributed by atoms with Crippen molar-refractivity contribution in [2.24, 2.45) is 0 Å². The van der Waals surface area contributed by atoms with Gasteiger partial charge in [-0.3, -0.25) is 9.69 Å². The molecule has 1 unspecified atom stereocenters. The number of rotatable bonds is 6. The van der Waals surface area contributed by atoms with Crippen LogP contribution in [0.1, 0.15) is 12.5 Å². The first-order valence-electron chi connectivity index (χ1n) is 7.82. The molecule has 0 aliphatic carbocycles. The van der Waals surface area contributed by atoms with Crippen LogP contribution in [0.5, 0.6) is 5.75 Å². The molecule has 7 heteroatoms. The third-order valence-corrected chi connectivity index (χ3v) is 3.90. The third-order valence-electron chi connectivity index (χ3n) is 3.90. The highest BCUT2D eigenvalue weighted by Crippen LogP contribution is 2.22. The molecule has 1 amide bonds. The van der Waals surface area contributed by atoms with Crippen LogP contribution in [-0.4, -0.2) is 72.8 Å². The number of nitrogens with zero attached hydrogens (tertiary/aromatic N) is 2. The lowest BCUT2D eigenvalue weighted by atomic mass is 10.0. The summed E-state index contributed by atoms with van der Waals surface area (Å²) in [5.74, 6) is -0.516. The maximum atomic E-state index is 12.3. The minimum atomic E-state index is -1.00. The molecule has 0 bridgehead atoms. The van der Waals surface area contributed by atoms with E-state index in [9.17, 15) is 9.59 Å². The van der Waals surface area contributed by atoms with Gasteiger partial charge in [-0.2, -0.15) is 0 Å². The molecule has 1 heterocycles. The molecule has 1 aliphatic rings. The Bertz CT molecular complexity index is 587. The summed E-state index contributed by atoms with van der Waals surface area (Å²) in [6.45, 7) is 3.96. The van der Waals surface area contributed by atoms with E-state index in [-0.39, 0.29) is 12.5 Å². The minimum absolute atomic E-state index is 0.0374. The fourth-order valence-electron chi connectivity index (χ4n) is 2.78. The number of hydrogen-bond acceptors (Lipinski definition) is 5. The molecule has 0 aromatic heterocycles. The molecule has 7 nitrogen and oxygen atoms in total. The summed E-state index contributed by atoms with van der Waals surface area (Å²) in [7, 11) is 3.46. The van der Waals surface area contributed by atoms with Gasteiger partial charge in [0.05, 0.1) is 6.61 Å². The highest BCUT2D eigenvalue weighted by atomic mass is 16.5. The van der Waals surface area contributed by atoms with E-state index in [4.69, 9.17) is 14.6 Å². The molecule has 24 heavy (non-hydrogen) atoms. The number of carboxylic acids is 1. The minimum Gasteiger partial charge on any atom is -0.482 e. The van der Waals surface area contributed by atoms with Crippen molar-refractivity contribution in [1.82, 2.24) is 9.80 Å². The van der Waals surface area contributed by atoms with Crippen LogP contribution < -0.4 is 4.74 Å². The molecule has 0 radical (unpaired) electrons. The normalized spacial score (nSPS) is 21.3. The third kappa shape index (κ3) is 4.69. The number of carboxylic acid groups (broad SMARTS) is 1. The summed E-state index contributed by atoms with van der Waals surface area (Å²) >= 11 is 0. The van der Waals surface area contributed by atoms with Crippen molar-refractivity contribution < 1.29 is 24.2 Å². The lowest BCUT2D eigenvalue weighted by Gasteiger charge is -2.40. The number of ether oxygens (including phenoxy) is 2. The average molecular weight is 336 g/mol. The van der Waals surface area contributed by atoms with E-state index in [0.29, 0.717) is 25.4 Å². The van der Waals surface area contributed by atoms with Gasteiger partial charge in [-0.15, -0.1) is 0 Å². The van der Waals surface area contributed by atoms with E-state index < -0.39 is 11.6 Å². The van der Waals surface area contributed by atoms with E-state index in [0.717, 1.165) is 12.1 Å². The largest absolute Gasteiger partial charge is 0.482 e. The Kier molecular flexibility index (Phi) is 5.80. The fraction of sp³-hybridized carbons (Fsp3) is 0.529. The molecule has 1 aromatic carbocycles. The first kappa shape index (κ1) is 18.2. The van der Waals surface area contributed by atoms with Gasteiger partial charge >= 0.3 is 5.97 Å². The van der Waals surface area contributed by atoms with Gasteiger partial charge < -0.3 is 19.5 Å². The van der Waals surface area contributed by atoms with Crippen molar-refractivity contribution in [1.29, 1.82) is 0 Å². The monoisotopic (exact) mass is 336 g/mol. The molecule has 132 valence electrons. The Morgan fingerprint density at radius 1 is 1.33 bits per heavy atom. The maximum absolute atomic E-state index is 12.3. The Labute approximate surface area is 141 Å². The predicted molar refractivity (Wildman–Crippen MR) is 87.9 cm³/mol. The summed E-state index contributed by atoms with van der Waals surface area (Å²) in [6.07, 6.45) is 0. The number of hydrogen-bond donors (Lipinski definition) is 1. The summed E-state index contributed by atoms with van der Waals surface area (Å²) in [5.41, 5.74) is 0.242. The quantitative estimate of drug-likeness (QED) is 0.829. The number of benzene rings is 1. The maximum Gasteiger partial charge on any atom is 0.341 e. The number of likely N-dealkylation sites (N-methyl/N-ethyl adjacent to an activating group) is 1. The molecule has 1 saturated heterocycles. The molecule has 0 saturated carbocycles. The first-order valence-corrected chi connectivity index (χ1v) is 7.82. The van der Waals surface area contributed by atoms with Crippen molar-refractivity contribution >= 4 is 11.9 Å². The molecule has 1 N–H and O–H groups in total. The van der Waals surface area contributed by atoms with Crippen LogP contribution in [0, 0.1) is 0 Å². The lowest BCUT2D eigenvalue weighted by Crippen LogP contribution is -2.57. The van der Waals surface area contributed by atoms with Crippen LogP contribution in [0.3, 0.4) is 0 Å². The topological polar surface area (TPSA) is 79.3 Å². The molecule has 0 spiro atoms. The zero-order chi connectivity index (χ0) is 17.7. The Balaban J connectivity index is 1.95. The van der Waals surface area contributed by atoms with Crippen LogP contribution in [0.4, 0.5) is 0 Å². The number of morpholine rings is 1. The number of carbonyl (C=O) groups excluding carboxylic acids is 1. The zero-order valence-corrected chi connectivity index (χ0v) is 14.3. The van der Waals surface area contributed by atoms with Gasteiger partial charge in [0.2, 0.25) is 0 Å². The summed E-state index contributed by atoms with van der Waals surface area (Å²) in [5, 5.41) is 8.60. The molecule has 1 atom stereocenters. The van der Waals surface area contributed by atoms with E-state index in [2.05, 4.69) is 4.90 Å². The number of carbonyl (C=O) groups is 2. The highest BCUT2D eigenvalue weighted by molar-refractivity contribution is 5.84. The van der Waals surface area contributed by atoms with E-state index in [1.165, 1.54) is 0 Å². The van der Waals surface area contributed by atoms with E-state index >= 15 is 0 Å². The molecule has 1 aromatic rings.